The molecule has 0 radical (unpaired) electrons. The van der Waals surface area contributed by atoms with Gasteiger partial charge in [-0.2, -0.15) is 0 Å². The smallest absolute Gasteiger partial charge is 0.248 e. The number of halogens is 1. The van der Waals surface area contributed by atoms with Gasteiger partial charge < -0.3 is 5.32 Å². The van der Waals surface area contributed by atoms with Gasteiger partial charge in [-0.15, -0.1) is 11.3 Å². The van der Waals surface area contributed by atoms with Crippen LogP contribution in [0.5, 0.6) is 0 Å². The number of aryl methyl sites for hydroxylation is 1. The summed E-state index contributed by atoms with van der Waals surface area (Å²) in [6.07, 6.45) is 3.06. The third-order valence-electron chi connectivity index (χ3n) is 3.88. The fraction of sp³-hybridized carbons (Fsp3) is 0.0952. The van der Waals surface area contributed by atoms with Crippen LogP contribution in [-0.2, 0) is 9.59 Å². The number of aromatic nitrogens is 1. The minimum atomic E-state index is -0.244. The van der Waals surface area contributed by atoms with Gasteiger partial charge in [0.2, 0.25) is 11.8 Å². The Hall–Kier alpha value is -2.77. The third-order valence-corrected chi connectivity index (χ3v) is 5.22. The van der Waals surface area contributed by atoms with Gasteiger partial charge in [0, 0.05) is 28.5 Å². The van der Waals surface area contributed by atoms with E-state index in [-0.39, 0.29) is 11.8 Å². The molecule has 2 aromatic carbocycles. The van der Waals surface area contributed by atoms with Crippen molar-refractivity contribution < 1.29 is 9.59 Å². The number of hydrogen-bond donors (Lipinski definition) is 1. The van der Waals surface area contributed by atoms with Gasteiger partial charge in [0.05, 0.1) is 11.4 Å². The van der Waals surface area contributed by atoms with E-state index >= 15 is 0 Å². The van der Waals surface area contributed by atoms with Crippen LogP contribution in [0.1, 0.15) is 18.2 Å². The zero-order chi connectivity index (χ0) is 20.1. The number of amides is 2. The Morgan fingerprint density at radius 3 is 2.61 bits per heavy atom. The van der Waals surface area contributed by atoms with Crippen molar-refractivity contribution in [1.29, 1.82) is 0 Å². The molecule has 7 heteroatoms. The normalized spacial score (nSPS) is 10.8. The van der Waals surface area contributed by atoms with Crippen molar-refractivity contribution in [1.82, 2.24) is 4.98 Å². The number of carbonyl (C=O) groups is 2. The molecule has 1 N–H and O–H groups in total. The largest absolute Gasteiger partial charge is 0.322 e. The monoisotopic (exact) mass is 455 g/mol. The molecule has 0 fully saturated rings. The van der Waals surface area contributed by atoms with Crippen molar-refractivity contribution in [3.05, 3.63) is 75.7 Å². The highest BCUT2D eigenvalue weighted by molar-refractivity contribution is 9.10. The molecule has 2 amide bonds. The molecule has 0 aliphatic carbocycles. The number of benzene rings is 2. The van der Waals surface area contributed by atoms with Crippen molar-refractivity contribution in [3.63, 3.8) is 0 Å². The summed E-state index contributed by atoms with van der Waals surface area (Å²) in [4.78, 5) is 30.3. The summed E-state index contributed by atoms with van der Waals surface area (Å²) in [5.74, 6) is -0.369. The van der Waals surface area contributed by atoms with Crippen LogP contribution in [0.2, 0.25) is 0 Å². The highest BCUT2D eigenvalue weighted by Crippen LogP contribution is 2.29. The molecule has 28 heavy (non-hydrogen) atoms. The van der Waals surface area contributed by atoms with Gasteiger partial charge in [0.25, 0.3) is 0 Å². The topological polar surface area (TPSA) is 62.3 Å². The highest BCUT2D eigenvalue weighted by Gasteiger charge is 2.17. The number of nitrogens with zero attached hydrogens (tertiary/aromatic N) is 2. The van der Waals surface area contributed by atoms with Gasteiger partial charge in [-0.05, 0) is 48.9 Å². The lowest BCUT2D eigenvalue weighted by Crippen LogP contribution is -2.22. The van der Waals surface area contributed by atoms with E-state index < -0.39 is 0 Å². The van der Waals surface area contributed by atoms with Crippen molar-refractivity contribution in [2.45, 2.75) is 13.8 Å². The number of hydrogen-bond acceptors (Lipinski definition) is 4. The summed E-state index contributed by atoms with van der Waals surface area (Å²) in [6, 6.07) is 15.0. The molecule has 5 nitrogen and oxygen atoms in total. The zero-order valence-corrected chi connectivity index (χ0v) is 17.8. The first-order valence-corrected chi connectivity index (χ1v) is 10.2. The predicted molar refractivity (Wildman–Crippen MR) is 118 cm³/mol. The molecule has 142 valence electrons. The summed E-state index contributed by atoms with van der Waals surface area (Å²) in [7, 11) is 0. The molecule has 0 saturated heterocycles. The van der Waals surface area contributed by atoms with Crippen LogP contribution >= 0.6 is 27.3 Å². The average molecular weight is 456 g/mol. The number of para-hydroxylation sites is 1. The summed E-state index contributed by atoms with van der Waals surface area (Å²) >= 11 is 4.75. The van der Waals surface area contributed by atoms with Crippen LogP contribution in [-0.4, -0.2) is 16.8 Å². The molecular formula is C21H18BrN3O2S. The van der Waals surface area contributed by atoms with Gasteiger partial charge in [-0.25, -0.2) is 4.98 Å². The summed E-state index contributed by atoms with van der Waals surface area (Å²) in [5.41, 5.74) is 3.09. The predicted octanol–water partition coefficient (Wildman–Crippen LogP) is 5.55. The van der Waals surface area contributed by atoms with Crippen LogP contribution in [0, 0.1) is 6.92 Å². The standard InChI is InChI=1S/C21H18BrN3O2S/c1-14-12-16(22)8-10-19(14)24-20(27)11-9-17-13-28-21(23-17)25(15(2)26)18-6-4-3-5-7-18/h3-13H,1-2H3,(H,24,27)/b11-9+. The molecule has 0 bridgehead atoms. The lowest BCUT2D eigenvalue weighted by molar-refractivity contribution is -0.116. The van der Waals surface area contributed by atoms with E-state index in [1.807, 2.05) is 60.8 Å². The maximum atomic E-state index is 12.2. The summed E-state index contributed by atoms with van der Waals surface area (Å²) < 4.78 is 0.960. The number of carbonyl (C=O) groups excluding carboxylic acids is 2. The summed E-state index contributed by atoms with van der Waals surface area (Å²) in [6.45, 7) is 3.43. The number of rotatable bonds is 5. The minimum Gasteiger partial charge on any atom is -0.322 e. The van der Waals surface area contributed by atoms with Crippen molar-refractivity contribution in [2.24, 2.45) is 0 Å². The molecular weight excluding hydrogens is 438 g/mol. The molecule has 0 unspecified atom stereocenters. The Morgan fingerprint density at radius 2 is 1.93 bits per heavy atom. The maximum Gasteiger partial charge on any atom is 0.248 e. The van der Waals surface area contributed by atoms with Crippen molar-refractivity contribution in [3.8, 4) is 0 Å². The molecule has 3 aromatic rings. The van der Waals surface area contributed by atoms with Crippen LogP contribution in [0.3, 0.4) is 0 Å². The quantitative estimate of drug-likeness (QED) is 0.512. The second-order valence-corrected chi connectivity index (χ2v) is 7.78. The highest BCUT2D eigenvalue weighted by atomic mass is 79.9. The Bertz CT molecular complexity index is 1030. The number of anilines is 3. The van der Waals surface area contributed by atoms with Gasteiger partial charge in [-0.3, -0.25) is 14.5 Å². The lowest BCUT2D eigenvalue weighted by Gasteiger charge is -2.17. The van der Waals surface area contributed by atoms with Gasteiger partial charge >= 0.3 is 0 Å². The first-order chi connectivity index (χ1) is 13.4. The fourth-order valence-electron chi connectivity index (χ4n) is 2.56. The van der Waals surface area contributed by atoms with E-state index in [2.05, 4.69) is 26.2 Å². The summed E-state index contributed by atoms with van der Waals surface area (Å²) in [5, 5.41) is 5.21. The molecule has 1 heterocycles. The van der Waals surface area contributed by atoms with Crippen LogP contribution in [0.15, 0.2) is 64.5 Å². The number of thiazole rings is 1. The van der Waals surface area contributed by atoms with Gasteiger partial charge in [0.1, 0.15) is 0 Å². The Morgan fingerprint density at radius 1 is 1.18 bits per heavy atom. The molecule has 1 aromatic heterocycles. The van der Waals surface area contributed by atoms with E-state index in [1.54, 1.807) is 11.0 Å². The SMILES string of the molecule is CC(=O)N(c1ccccc1)c1nc(/C=C/C(=O)Nc2ccc(Br)cc2C)cs1. The number of nitrogens with one attached hydrogen (secondary N) is 1. The van der Waals surface area contributed by atoms with Crippen LogP contribution in [0.25, 0.3) is 6.08 Å². The maximum absolute atomic E-state index is 12.2. The third kappa shape index (κ3) is 4.94. The lowest BCUT2D eigenvalue weighted by atomic mass is 10.2. The van der Waals surface area contributed by atoms with E-state index in [0.29, 0.717) is 10.8 Å². The van der Waals surface area contributed by atoms with Crippen LogP contribution in [0.4, 0.5) is 16.5 Å². The zero-order valence-electron chi connectivity index (χ0n) is 15.3. The minimum absolute atomic E-state index is 0.125. The van der Waals surface area contributed by atoms with Gasteiger partial charge in [0.15, 0.2) is 5.13 Å². The van der Waals surface area contributed by atoms with Gasteiger partial charge in [-0.1, -0.05) is 34.1 Å². The van der Waals surface area contributed by atoms with E-state index in [0.717, 1.165) is 21.4 Å². The fourth-order valence-corrected chi connectivity index (χ4v) is 3.89. The first-order valence-electron chi connectivity index (χ1n) is 8.50. The van der Waals surface area contributed by atoms with Crippen molar-refractivity contribution in [2.75, 3.05) is 10.2 Å². The van der Waals surface area contributed by atoms with E-state index in [9.17, 15) is 9.59 Å². The Kier molecular flexibility index (Phi) is 6.38. The second kappa shape index (κ2) is 8.95. The van der Waals surface area contributed by atoms with E-state index in [1.165, 1.54) is 24.3 Å². The average Bonchev–Trinajstić information content (AvgIpc) is 3.11. The Labute approximate surface area is 175 Å². The molecule has 0 atom stereocenters. The molecule has 0 saturated carbocycles. The first kappa shape index (κ1) is 20.0. The van der Waals surface area contributed by atoms with E-state index in [4.69, 9.17) is 0 Å². The second-order valence-electron chi connectivity index (χ2n) is 6.03. The molecule has 0 aliphatic heterocycles. The van der Waals surface area contributed by atoms with Crippen molar-refractivity contribution >= 4 is 61.7 Å². The van der Waals surface area contributed by atoms with Crippen LogP contribution < -0.4 is 10.2 Å². The molecule has 3 rings (SSSR count). The molecule has 0 aliphatic rings. The molecule has 0 spiro atoms. The Balaban J connectivity index is 1.72.